The van der Waals surface area contributed by atoms with Gasteiger partial charge < -0.3 is 9.47 Å². The largest absolute Gasteiger partial charge is 0.463 e. The van der Waals surface area contributed by atoms with Gasteiger partial charge in [-0.15, -0.1) is 0 Å². The summed E-state index contributed by atoms with van der Waals surface area (Å²) in [6.45, 7) is 4.45. The van der Waals surface area contributed by atoms with Crippen molar-refractivity contribution in [3.8, 4) is 0 Å². The number of esters is 1. The summed E-state index contributed by atoms with van der Waals surface area (Å²) in [5.41, 5.74) is 2.68. The Kier molecular flexibility index (Phi) is 4.10. The van der Waals surface area contributed by atoms with Gasteiger partial charge in [-0.05, 0) is 38.0 Å². The van der Waals surface area contributed by atoms with Crippen LogP contribution in [0.15, 0.2) is 30.0 Å². The van der Waals surface area contributed by atoms with Crippen molar-refractivity contribution in [2.24, 2.45) is 0 Å². The summed E-state index contributed by atoms with van der Waals surface area (Å²) in [5.74, 6) is -0.276. The van der Waals surface area contributed by atoms with Crippen LogP contribution in [0.4, 0.5) is 0 Å². The van der Waals surface area contributed by atoms with Gasteiger partial charge in [-0.2, -0.15) is 0 Å². The number of nitrogens with zero attached hydrogens (tertiary/aromatic N) is 1. The molecule has 2 heterocycles. The molecule has 1 aromatic heterocycles. The Bertz CT molecular complexity index is 468. The van der Waals surface area contributed by atoms with Crippen molar-refractivity contribution in [3.05, 3.63) is 41.2 Å². The lowest BCUT2D eigenvalue weighted by molar-refractivity contribution is -0.139. The van der Waals surface area contributed by atoms with Crippen LogP contribution >= 0.6 is 0 Å². The zero-order valence-electron chi connectivity index (χ0n) is 10.7. The van der Waals surface area contributed by atoms with Gasteiger partial charge in [0, 0.05) is 11.9 Å². The predicted octanol–water partition coefficient (Wildman–Crippen LogP) is 2.34. The van der Waals surface area contributed by atoms with Gasteiger partial charge in [0.15, 0.2) is 0 Å². The number of hydrogen-bond donors (Lipinski definition) is 0. The number of ether oxygens (including phenoxy) is 2. The van der Waals surface area contributed by atoms with Crippen molar-refractivity contribution in [2.75, 3.05) is 13.2 Å². The van der Waals surface area contributed by atoms with E-state index in [2.05, 4.69) is 4.98 Å². The van der Waals surface area contributed by atoms with E-state index < -0.39 is 0 Å². The molecule has 96 valence electrons. The lowest BCUT2D eigenvalue weighted by atomic mass is 10.0. The number of carbonyl (C=O) groups is 1. The molecule has 0 N–H and O–H groups in total. The third-order valence-corrected chi connectivity index (χ3v) is 2.85. The quantitative estimate of drug-likeness (QED) is 0.769. The number of aromatic nitrogens is 1. The molecule has 0 spiro atoms. The van der Waals surface area contributed by atoms with E-state index in [1.54, 1.807) is 13.1 Å². The van der Waals surface area contributed by atoms with Crippen LogP contribution in [0.2, 0.25) is 0 Å². The predicted molar refractivity (Wildman–Crippen MR) is 67.0 cm³/mol. The molecule has 4 heteroatoms. The van der Waals surface area contributed by atoms with Crippen LogP contribution in [0.3, 0.4) is 0 Å². The fourth-order valence-corrected chi connectivity index (χ4v) is 1.93. The molecule has 1 aliphatic heterocycles. The van der Waals surface area contributed by atoms with Crippen molar-refractivity contribution < 1.29 is 14.3 Å². The first-order valence-corrected chi connectivity index (χ1v) is 6.11. The van der Waals surface area contributed by atoms with Crippen LogP contribution in [0.25, 0.3) is 0 Å². The average molecular weight is 247 g/mol. The van der Waals surface area contributed by atoms with Gasteiger partial charge >= 0.3 is 5.97 Å². The summed E-state index contributed by atoms with van der Waals surface area (Å²) in [6.07, 6.45) is 4.38. The van der Waals surface area contributed by atoms with E-state index in [0.29, 0.717) is 25.2 Å². The van der Waals surface area contributed by atoms with Gasteiger partial charge in [-0.25, -0.2) is 4.79 Å². The SMILES string of the molecule is CCOC(=O)C1=CCC(c2ccnc(C)c2)OC1. The summed E-state index contributed by atoms with van der Waals surface area (Å²) in [5, 5.41) is 0. The Balaban J connectivity index is 2.03. The van der Waals surface area contributed by atoms with E-state index in [1.807, 2.05) is 25.1 Å². The fraction of sp³-hybridized carbons (Fsp3) is 0.429. The second-order valence-corrected chi connectivity index (χ2v) is 4.22. The number of rotatable bonds is 3. The van der Waals surface area contributed by atoms with Gasteiger partial charge in [0.05, 0.1) is 24.9 Å². The second-order valence-electron chi connectivity index (χ2n) is 4.22. The lowest BCUT2D eigenvalue weighted by Crippen LogP contribution is -2.19. The van der Waals surface area contributed by atoms with E-state index in [0.717, 1.165) is 11.3 Å². The smallest absolute Gasteiger partial charge is 0.336 e. The van der Waals surface area contributed by atoms with Crippen molar-refractivity contribution in [2.45, 2.75) is 26.4 Å². The molecule has 1 aliphatic rings. The minimum Gasteiger partial charge on any atom is -0.463 e. The van der Waals surface area contributed by atoms with Crippen LogP contribution in [-0.2, 0) is 14.3 Å². The molecule has 0 aliphatic carbocycles. The molecule has 0 amide bonds. The molecular formula is C14H17NO3. The highest BCUT2D eigenvalue weighted by molar-refractivity contribution is 5.88. The standard InChI is InChI=1S/C14H17NO3/c1-3-17-14(16)12-4-5-13(18-9-12)11-6-7-15-10(2)8-11/h4,6-8,13H,3,5,9H2,1-2H3. The minimum absolute atomic E-state index is 0.00452. The molecule has 4 nitrogen and oxygen atoms in total. The Hall–Kier alpha value is -1.68. The lowest BCUT2D eigenvalue weighted by Gasteiger charge is -2.22. The van der Waals surface area contributed by atoms with E-state index >= 15 is 0 Å². The fourth-order valence-electron chi connectivity index (χ4n) is 1.93. The van der Waals surface area contributed by atoms with Crippen LogP contribution in [0, 0.1) is 6.92 Å². The van der Waals surface area contributed by atoms with Gasteiger partial charge in [-0.1, -0.05) is 6.08 Å². The maximum atomic E-state index is 11.5. The normalized spacial score (nSPS) is 19.2. The number of hydrogen-bond acceptors (Lipinski definition) is 4. The van der Waals surface area contributed by atoms with Crippen LogP contribution < -0.4 is 0 Å². The van der Waals surface area contributed by atoms with Gasteiger partial charge in [0.25, 0.3) is 0 Å². The summed E-state index contributed by atoms with van der Waals surface area (Å²) < 4.78 is 10.6. The molecule has 1 aromatic rings. The highest BCUT2D eigenvalue weighted by atomic mass is 16.5. The Morgan fingerprint density at radius 3 is 3.06 bits per heavy atom. The Labute approximate surface area is 107 Å². The summed E-state index contributed by atoms with van der Waals surface area (Å²) >= 11 is 0. The maximum Gasteiger partial charge on any atom is 0.336 e. The molecule has 0 bridgehead atoms. The molecule has 0 radical (unpaired) electrons. The zero-order chi connectivity index (χ0) is 13.0. The molecule has 0 saturated carbocycles. The molecular weight excluding hydrogens is 230 g/mol. The maximum absolute atomic E-state index is 11.5. The molecule has 18 heavy (non-hydrogen) atoms. The van der Waals surface area contributed by atoms with E-state index in [1.165, 1.54) is 0 Å². The first kappa shape index (κ1) is 12.8. The van der Waals surface area contributed by atoms with E-state index in [4.69, 9.17) is 9.47 Å². The molecule has 0 aromatic carbocycles. The number of pyridine rings is 1. The van der Waals surface area contributed by atoms with Gasteiger partial charge in [0.1, 0.15) is 0 Å². The highest BCUT2D eigenvalue weighted by Crippen LogP contribution is 2.27. The van der Waals surface area contributed by atoms with Gasteiger partial charge in [0.2, 0.25) is 0 Å². The first-order chi connectivity index (χ1) is 8.70. The molecule has 0 fully saturated rings. The van der Waals surface area contributed by atoms with Crippen molar-refractivity contribution in [1.29, 1.82) is 0 Å². The Morgan fingerprint density at radius 1 is 1.61 bits per heavy atom. The minimum atomic E-state index is -0.276. The topological polar surface area (TPSA) is 48.4 Å². The summed E-state index contributed by atoms with van der Waals surface area (Å²) in [7, 11) is 0. The van der Waals surface area contributed by atoms with Crippen LogP contribution in [0.5, 0.6) is 0 Å². The third-order valence-electron chi connectivity index (χ3n) is 2.85. The van der Waals surface area contributed by atoms with Gasteiger partial charge in [-0.3, -0.25) is 4.98 Å². The third kappa shape index (κ3) is 2.96. The van der Waals surface area contributed by atoms with E-state index in [-0.39, 0.29) is 12.1 Å². The van der Waals surface area contributed by atoms with E-state index in [9.17, 15) is 4.79 Å². The molecule has 2 rings (SSSR count). The van der Waals surface area contributed by atoms with Crippen molar-refractivity contribution in [1.82, 2.24) is 4.98 Å². The average Bonchev–Trinajstić information content (AvgIpc) is 2.39. The van der Waals surface area contributed by atoms with Crippen molar-refractivity contribution >= 4 is 5.97 Å². The molecule has 1 unspecified atom stereocenters. The Morgan fingerprint density at radius 2 is 2.44 bits per heavy atom. The summed E-state index contributed by atoms with van der Waals surface area (Å²) in [4.78, 5) is 15.7. The zero-order valence-corrected chi connectivity index (χ0v) is 10.7. The number of carbonyl (C=O) groups excluding carboxylic acids is 1. The molecule has 0 saturated heterocycles. The second kappa shape index (κ2) is 5.78. The molecule has 1 atom stereocenters. The summed E-state index contributed by atoms with van der Waals surface area (Å²) in [6, 6.07) is 3.95. The first-order valence-electron chi connectivity index (χ1n) is 6.11. The van der Waals surface area contributed by atoms with Crippen LogP contribution in [0.1, 0.15) is 30.7 Å². The van der Waals surface area contributed by atoms with Crippen LogP contribution in [-0.4, -0.2) is 24.2 Å². The highest BCUT2D eigenvalue weighted by Gasteiger charge is 2.21. The van der Waals surface area contributed by atoms with Crippen molar-refractivity contribution in [3.63, 3.8) is 0 Å². The monoisotopic (exact) mass is 247 g/mol. The number of aryl methyl sites for hydroxylation is 1.